The highest BCUT2D eigenvalue weighted by Gasteiger charge is 2.61. The zero-order valence-corrected chi connectivity index (χ0v) is 32.2. The smallest absolute Gasteiger partial charge is 0.317 e. The zero-order chi connectivity index (χ0) is 37.5. The van der Waals surface area contributed by atoms with Gasteiger partial charge in [-0.3, -0.25) is 19.1 Å². The first-order valence-electron chi connectivity index (χ1n) is 19.0. The molecule has 13 nitrogen and oxygen atoms in total. The summed E-state index contributed by atoms with van der Waals surface area (Å²) in [7, 11) is 4.88. The van der Waals surface area contributed by atoms with Gasteiger partial charge in [-0.15, -0.1) is 0 Å². The van der Waals surface area contributed by atoms with Gasteiger partial charge in [-0.25, -0.2) is 9.78 Å². The predicted molar refractivity (Wildman–Crippen MR) is 202 cm³/mol. The van der Waals surface area contributed by atoms with Crippen LogP contribution >= 0.6 is 11.9 Å². The van der Waals surface area contributed by atoms with Crippen molar-refractivity contribution >= 4 is 46.6 Å². The van der Waals surface area contributed by atoms with Gasteiger partial charge < -0.3 is 34.6 Å². The second kappa shape index (κ2) is 14.9. The summed E-state index contributed by atoms with van der Waals surface area (Å²) in [5, 5.41) is 6.79. The highest BCUT2D eigenvalue weighted by Crippen LogP contribution is 2.49. The van der Waals surface area contributed by atoms with Crippen LogP contribution in [0.3, 0.4) is 0 Å². The number of hydrogen-bond acceptors (Lipinski definition) is 9. The van der Waals surface area contributed by atoms with E-state index in [4.69, 9.17) is 19.2 Å². The topological polar surface area (TPSA) is 151 Å². The molecule has 1 aromatic heterocycles. The molecule has 3 saturated carbocycles. The lowest BCUT2D eigenvalue weighted by atomic mass is 10.0. The summed E-state index contributed by atoms with van der Waals surface area (Å²) in [5.74, 6) is 0.530. The minimum absolute atomic E-state index is 0.0198. The number of allylic oxidation sites excluding steroid dienone is 1. The Labute approximate surface area is 315 Å². The first kappa shape index (κ1) is 37.1. The summed E-state index contributed by atoms with van der Waals surface area (Å²) in [6.07, 6.45) is 12.1. The van der Waals surface area contributed by atoms with Crippen molar-refractivity contribution in [1.29, 1.82) is 0 Å². The van der Waals surface area contributed by atoms with Crippen LogP contribution in [-0.4, -0.2) is 101 Å². The summed E-state index contributed by atoms with van der Waals surface area (Å²) in [5.41, 5.74) is 0.421. The maximum Gasteiger partial charge on any atom is 0.317 e. The van der Waals surface area contributed by atoms with Crippen molar-refractivity contribution in [2.24, 2.45) is 5.92 Å². The lowest BCUT2D eigenvalue weighted by molar-refractivity contribution is -0.141. The zero-order valence-electron chi connectivity index (χ0n) is 31.4. The molecule has 53 heavy (non-hydrogen) atoms. The Kier molecular flexibility index (Phi) is 10.4. The molecule has 7 rings (SSSR count). The Hall–Kier alpha value is -4.20. The lowest BCUT2D eigenvalue weighted by Gasteiger charge is -2.30. The van der Waals surface area contributed by atoms with E-state index in [-0.39, 0.29) is 47.6 Å². The number of methoxy groups -OCH3 is 1. The number of fused-ring (bicyclic) bond motifs is 3. The third kappa shape index (κ3) is 8.17. The Morgan fingerprint density at radius 2 is 1.85 bits per heavy atom. The van der Waals surface area contributed by atoms with E-state index < -0.39 is 29.6 Å². The number of rotatable bonds is 9. The molecule has 286 valence electrons. The molecule has 3 heterocycles. The maximum absolute atomic E-state index is 14.5. The molecular weight excluding hydrogens is 697 g/mol. The quantitative estimate of drug-likeness (QED) is 0.243. The summed E-state index contributed by atoms with van der Waals surface area (Å²) in [6.45, 7) is 4.17. The van der Waals surface area contributed by atoms with E-state index in [9.17, 15) is 19.2 Å². The van der Waals surface area contributed by atoms with Crippen molar-refractivity contribution in [3.05, 3.63) is 35.9 Å². The predicted octanol–water partition coefficient (Wildman–Crippen LogP) is 4.79. The third-order valence-corrected chi connectivity index (χ3v) is 12.3. The first-order valence-corrected chi connectivity index (χ1v) is 19.8. The van der Waals surface area contributed by atoms with Gasteiger partial charge in [0, 0.05) is 48.2 Å². The molecule has 1 aromatic carbocycles. The summed E-state index contributed by atoms with van der Waals surface area (Å²) in [4.78, 5) is 63.5. The van der Waals surface area contributed by atoms with Crippen LogP contribution in [0.15, 0.2) is 30.4 Å². The molecule has 2 aliphatic heterocycles. The van der Waals surface area contributed by atoms with Crippen LogP contribution in [0.2, 0.25) is 0 Å². The number of amides is 5. The monoisotopic (exact) mass is 748 g/mol. The molecule has 14 heteroatoms. The van der Waals surface area contributed by atoms with Crippen LogP contribution < -0.4 is 29.6 Å². The molecule has 5 aliphatic rings. The molecule has 0 bridgehead atoms. The number of nitrogens with one attached hydrogen (secondary N) is 3. The van der Waals surface area contributed by atoms with Gasteiger partial charge >= 0.3 is 6.03 Å². The number of nitrogens with zero attached hydrogens (tertiary/aromatic N) is 3. The van der Waals surface area contributed by atoms with Gasteiger partial charge in [-0.05, 0) is 89.3 Å². The van der Waals surface area contributed by atoms with Crippen LogP contribution in [-0.2, 0) is 14.4 Å². The van der Waals surface area contributed by atoms with Crippen LogP contribution in [0.5, 0.6) is 17.4 Å². The van der Waals surface area contributed by atoms with Crippen molar-refractivity contribution < 1.29 is 33.4 Å². The Morgan fingerprint density at radius 3 is 2.57 bits per heavy atom. The standard InChI is InChI=1S/C39H52N6O7S/c1-23-30(50-5)16-15-27-31(20-32(41-33(23)27)52-25-13-14-25)51-26-19-29-34(46)42-39(36(48)43-53-38(2)17-18-38)21-24(39)11-9-7-6-8-10-12-28(35(47)45(29)22-26)40-37(49)44(3)4/h9,11,15-16,20,24-26,28-29H,6-8,10,12-14,17-19,21-22H2,1-5H3,(H,40,49)(H,42,46)(H,43,48)/b11-9-/t24-,26-,28+,29+,39-/m1/s1. The fourth-order valence-electron chi connectivity index (χ4n) is 7.25. The van der Waals surface area contributed by atoms with Crippen molar-refractivity contribution in [1.82, 2.24) is 30.1 Å². The minimum Gasteiger partial charge on any atom is -0.496 e. The lowest BCUT2D eigenvalue weighted by Crippen LogP contribution is -2.58. The van der Waals surface area contributed by atoms with Crippen molar-refractivity contribution in [2.75, 3.05) is 27.7 Å². The van der Waals surface area contributed by atoms with Gasteiger partial charge in [0.25, 0.3) is 5.91 Å². The highest BCUT2D eigenvalue weighted by molar-refractivity contribution is 7.99. The molecule has 1 saturated heterocycles. The summed E-state index contributed by atoms with van der Waals surface area (Å²) < 4.78 is 21.5. The number of pyridine rings is 1. The molecule has 3 aliphatic carbocycles. The van der Waals surface area contributed by atoms with E-state index in [1.54, 1.807) is 32.2 Å². The molecule has 0 radical (unpaired) electrons. The summed E-state index contributed by atoms with van der Waals surface area (Å²) >= 11 is 1.43. The van der Waals surface area contributed by atoms with E-state index in [0.717, 1.165) is 62.3 Å². The first-order chi connectivity index (χ1) is 25.4. The normalized spacial score (nSPS) is 28.7. The van der Waals surface area contributed by atoms with Crippen molar-refractivity contribution in [2.45, 2.75) is 119 Å². The molecular formula is C39H52N6O7S. The molecule has 0 spiro atoms. The number of benzene rings is 1. The summed E-state index contributed by atoms with van der Waals surface area (Å²) in [6, 6.07) is 3.39. The number of urea groups is 1. The van der Waals surface area contributed by atoms with E-state index in [1.165, 1.54) is 16.8 Å². The van der Waals surface area contributed by atoms with Crippen molar-refractivity contribution in [3.8, 4) is 17.4 Å². The SMILES string of the molecule is COc1ccc2c(O[C@@H]3C[C@H]4C(=O)N[C@]5(C(=O)NSC6(C)CC6)C[C@H]5/C=C\CCCCC[C@H](NC(=O)N(C)C)C(=O)N4C3)cc(OC3CC3)nc2c1C. The molecule has 2 aromatic rings. The molecule has 4 fully saturated rings. The highest BCUT2D eigenvalue weighted by atomic mass is 32.2. The van der Waals surface area contributed by atoms with Crippen LogP contribution in [0.1, 0.15) is 83.1 Å². The number of carbonyl (C=O) groups excluding carboxylic acids is 4. The van der Waals surface area contributed by atoms with Crippen molar-refractivity contribution in [3.63, 3.8) is 0 Å². The number of aromatic nitrogens is 1. The Bertz CT molecular complexity index is 1790. The van der Waals surface area contributed by atoms with E-state index >= 15 is 0 Å². The molecule has 5 atom stereocenters. The maximum atomic E-state index is 14.5. The Morgan fingerprint density at radius 1 is 1.06 bits per heavy atom. The molecule has 3 N–H and O–H groups in total. The van der Waals surface area contributed by atoms with Crippen LogP contribution in [0.25, 0.3) is 10.9 Å². The van der Waals surface area contributed by atoms with E-state index in [2.05, 4.69) is 34.4 Å². The van der Waals surface area contributed by atoms with Gasteiger partial charge in [0.1, 0.15) is 41.3 Å². The van der Waals surface area contributed by atoms with E-state index in [0.29, 0.717) is 35.7 Å². The van der Waals surface area contributed by atoms with Gasteiger partial charge in [0.05, 0.1) is 19.2 Å². The van der Waals surface area contributed by atoms with E-state index in [1.807, 2.05) is 19.1 Å². The minimum atomic E-state index is -1.11. The fraction of sp³-hybridized carbons (Fsp3) is 0.615. The second-order valence-corrected chi connectivity index (χ2v) is 17.2. The van der Waals surface area contributed by atoms with Crippen LogP contribution in [0.4, 0.5) is 4.79 Å². The van der Waals surface area contributed by atoms with Gasteiger partial charge in [-0.2, -0.15) is 0 Å². The van der Waals surface area contributed by atoms with Gasteiger partial charge in [0.15, 0.2) is 0 Å². The molecule has 0 unspecified atom stereocenters. The van der Waals surface area contributed by atoms with Gasteiger partial charge in [-0.1, -0.05) is 25.0 Å². The van der Waals surface area contributed by atoms with Crippen LogP contribution in [0, 0.1) is 12.8 Å². The number of aryl methyl sites for hydroxylation is 1. The largest absolute Gasteiger partial charge is 0.496 e. The van der Waals surface area contributed by atoms with Gasteiger partial charge in [0.2, 0.25) is 17.7 Å². The molecule has 5 amide bonds. The second-order valence-electron chi connectivity index (χ2n) is 15.8. The number of ether oxygens (including phenoxy) is 3. The third-order valence-electron chi connectivity index (χ3n) is 11.1. The number of carbonyl (C=O) groups is 4. The number of hydrogen-bond donors (Lipinski definition) is 3. The fourth-order valence-corrected chi connectivity index (χ4v) is 8.08. The Balaban J connectivity index is 1.20. The average molecular weight is 749 g/mol. The average Bonchev–Trinajstić information content (AvgIpc) is 4.09.